The molecule has 1 aromatic carbocycles. The number of hydrogen-bond acceptors (Lipinski definition) is 1. The first kappa shape index (κ1) is 10.1. The Hall–Kier alpha value is -0.980. The Labute approximate surface area is 80.7 Å². The van der Waals surface area contributed by atoms with Crippen LogP contribution in [0, 0.1) is 6.92 Å². The summed E-state index contributed by atoms with van der Waals surface area (Å²) in [5.74, 6) is 1.04. The molecule has 0 radical (unpaired) electrons. The Morgan fingerprint density at radius 3 is 2.69 bits per heavy atom. The van der Waals surface area contributed by atoms with Crippen molar-refractivity contribution in [3.05, 3.63) is 29.3 Å². The van der Waals surface area contributed by atoms with Crippen LogP contribution in [0.5, 0.6) is 5.75 Å². The molecule has 1 rings (SSSR count). The van der Waals surface area contributed by atoms with Gasteiger partial charge in [-0.25, -0.2) is 0 Å². The van der Waals surface area contributed by atoms with Crippen molar-refractivity contribution in [3.63, 3.8) is 0 Å². The maximum absolute atomic E-state index is 5.32. The van der Waals surface area contributed by atoms with Gasteiger partial charge in [-0.1, -0.05) is 25.5 Å². The molecule has 0 N–H and O–H groups in total. The summed E-state index contributed by atoms with van der Waals surface area (Å²) in [6.07, 6.45) is 3.59. The minimum atomic E-state index is 1.04. The van der Waals surface area contributed by atoms with Gasteiger partial charge in [-0.05, 0) is 37.0 Å². The van der Waals surface area contributed by atoms with Gasteiger partial charge in [0.2, 0.25) is 0 Å². The van der Waals surface area contributed by atoms with Crippen LogP contribution in [0.3, 0.4) is 0 Å². The molecule has 0 bridgehead atoms. The summed E-state index contributed by atoms with van der Waals surface area (Å²) in [5, 5.41) is 0. The molecule has 0 aliphatic rings. The monoisotopic (exact) mass is 178 g/mol. The molecule has 0 saturated heterocycles. The van der Waals surface area contributed by atoms with Crippen molar-refractivity contribution in [2.45, 2.75) is 33.1 Å². The molecule has 72 valence electrons. The normalized spacial score (nSPS) is 10.1. The molecule has 0 heterocycles. The van der Waals surface area contributed by atoms with E-state index in [0.29, 0.717) is 0 Å². The Balaban J connectivity index is 2.79. The summed E-state index contributed by atoms with van der Waals surface area (Å²) in [7, 11) is 1.74. The molecule has 0 atom stereocenters. The highest BCUT2D eigenvalue weighted by atomic mass is 16.5. The minimum Gasteiger partial charge on any atom is -0.496 e. The van der Waals surface area contributed by atoms with Gasteiger partial charge in [-0.2, -0.15) is 0 Å². The van der Waals surface area contributed by atoms with Crippen LogP contribution in [0.4, 0.5) is 0 Å². The summed E-state index contributed by atoms with van der Waals surface area (Å²) < 4.78 is 5.32. The predicted molar refractivity (Wildman–Crippen MR) is 56.3 cm³/mol. The second kappa shape index (κ2) is 4.90. The molecule has 13 heavy (non-hydrogen) atoms. The fraction of sp³-hybridized carbons (Fsp3) is 0.500. The number of hydrogen-bond donors (Lipinski definition) is 0. The number of benzene rings is 1. The van der Waals surface area contributed by atoms with Gasteiger partial charge in [0.15, 0.2) is 0 Å². The average molecular weight is 178 g/mol. The number of rotatable bonds is 4. The van der Waals surface area contributed by atoms with Gasteiger partial charge in [-0.15, -0.1) is 0 Å². The van der Waals surface area contributed by atoms with E-state index in [1.165, 1.54) is 24.0 Å². The van der Waals surface area contributed by atoms with Crippen molar-refractivity contribution in [2.24, 2.45) is 0 Å². The van der Waals surface area contributed by atoms with Crippen LogP contribution in [0.1, 0.15) is 30.9 Å². The molecule has 0 aliphatic heterocycles. The van der Waals surface area contributed by atoms with E-state index >= 15 is 0 Å². The molecule has 0 saturated carbocycles. The molecular weight excluding hydrogens is 160 g/mol. The van der Waals surface area contributed by atoms with Crippen LogP contribution in [0.15, 0.2) is 18.2 Å². The van der Waals surface area contributed by atoms with Crippen LogP contribution in [-0.2, 0) is 6.42 Å². The lowest BCUT2D eigenvalue weighted by molar-refractivity contribution is 0.408. The van der Waals surface area contributed by atoms with Gasteiger partial charge in [0.05, 0.1) is 7.11 Å². The van der Waals surface area contributed by atoms with E-state index in [1.807, 2.05) is 0 Å². The quantitative estimate of drug-likeness (QED) is 0.687. The Bertz CT molecular complexity index is 266. The van der Waals surface area contributed by atoms with Crippen LogP contribution in [0.25, 0.3) is 0 Å². The minimum absolute atomic E-state index is 1.04. The topological polar surface area (TPSA) is 9.23 Å². The summed E-state index contributed by atoms with van der Waals surface area (Å²) in [6.45, 7) is 4.30. The van der Waals surface area contributed by atoms with E-state index in [9.17, 15) is 0 Å². The molecule has 0 spiro atoms. The molecule has 1 aromatic rings. The summed E-state index contributed by atoms with van der Waals surface area (Å²) >= 11 is 0. The molecule has 0 amide bonds. The smallest absolute Gasteiger partial charge is 0.122 e. The van der Waals surface area contributed by atoms with Crippen molar-refractivity contribution in [2.75, 3.05) is 7.11 Å². The lowest BCUT2D eigenvalue weighted by Crippen LogP contribution is -1.92. The van der Waals surface area contributed by atoms with E-state index in [2.05, 4.69) is 32.0 Å². The number of aryl methyl sites for hydroxylation is 2. The summed E-state index contributed by atoms with van der Waals surface area (Å²) in [4.78, 5) is 0. The highest BCUT2D eigenvalue weighted by Gasteiger charge is 2.01. The largest absolute Gasteiger partial charge is 0.496 e. The van der Waals surface area contributed by atoms with E-state index in [1.54, 1.807) is 7.11 Å². The highest BCUT2D eigenvalue weighted by Crippen LogP contribution is 2.21. The first-order valence-corrected chi connectivity index (χ1v) is 4.91. The van der Waals surface area contributed by atoms with Crippen molar-refractivity contribution < 1.29 is 4.74 Å². The second-order valence-corrected chi connectivity index (χ2v) is 3.42. The fourth-order valence-electron chi connectivity index (χ4n) is 1.43. The third-order valence-electron chi connectivity index (χ3n) is 2.24. The average Bonchev–Trinajstić information content (AvgIpc) is 2.16. The van der Waals surface area contributed by atoms with Gasteiger partial charge in [0.25, 0.3) is 0 Å². The fourth-order valence-corrected chi connectivity index (χ4v) is 1.43. The Morgan fingerprint density at radius 1 is 1.31 bits per heavy atom. The van der Waals surface area contributed by atoms with Crippen molar-refractivity contribution in [1.29, 1.82) is 0 Å². The van der Waals surface area contributed by atoms with E-state index in [0.717, 1.165) is 12.2 Å². The zero-order chi connectivity index (χ0) is 9.68. The Morgan fingerprint density at radius 2 is 2.08 bits per heavy atom. The predicted octanol–water partition coefficient (Wildman–Crippen LogP) is 3.35. The molecule has 1 heteroatoms. The van der Waals surface area contributed by atoms with Gasteiger partial charge < -0.3 is 4.74 Å². The standard InChI is InChI=1S/C12H18O/c1-4-5-6-11-8-7-10(2)9-12(11)13-3/h7-9H,4-6H2,1-3H3. The zero-order valence-electron chi connectivity index (χ0n) is 8.76. The number of unbranched alkanes of at least 4 members (excludes halogenated alkanes) is 1. The lowest BCUT2D eigenvalue weighted by atomic mass is 10.1. The van der Waals surface area contributed by atoms with Gasteiger partial charge in [-0.3, -0.25) is 0 Å². The third-order valence-corrected chi connectivity index (χ3v) is 2.24. The molecule has 0 aromatic heterocycles. The highest BCUT2D eigenvalue weighted by molar-refractivity contribution is 5.37. The molecular formula is C12H18O. The van der Waals surface area contributed by atoms with Crippen LogP contribution < -0.4 is 4.74 Å². The lowest BCUT2D eigenvalue weighted by Gasteiger charge is -2.08. The van der Waals surface area contributed by atoms with Crippen molar-refractivity contribution in [1.82, 2.24) is 0 Å². The van der Waals surface area contributed by atoms with Crippen molar-refractivity contribution in [3.8, 4) is 5.75 Å². The van der Waals surface area contributed by atoms with Crippen LogP contribution >= 0.6 is 0 Å². The van der Waals surface area contributed by atoms with E-state index in [-0.39, 0.29) is 0 Å². The number of methoxy groups -OCH3 is 1. The second-order valence-electron chi connectivity index (χ2n) is 3.42. The zero-order valence-corrected chi connectivity index (χ0v) is 8.76. The van der Waals surface area contributed by atoms with Gasteiger partial charge in [0.1, 0.15) is 5.75 Å². The van der Waals surface area contributed by atoms with Gasteiger partial charge >= 0.3 is 0 Å². The van der Waals surface area contributed by atoms with Gasteiger partial charge in [0, 0.05) is 0 Å². The van der Waals surface area contributed by atoms with Crippen LogP contribution in [-0.4, -0.2) is 7.11 Å². The van der Waals surface area contributed by atoms with Crippen molar-refractivity contribution >= 4 is 0 Å². The molecule has 0 fully saturated rings. The van der Waals surface area contributed by atoms with Crippen LogP contribution in [0.2, 0.25) is 0 Å². The maximum atomic E-state index is 5.32. The van der Waals surface area contributed by atoms with E-state index < -0.39 is 0 Å². The molecule has 1 nitrogen and oxygen atoms in total. The first-order chi connectivity index (χ1) is 6.27. The first-order valence-electron chi connectivity index (χ1n) is 4.91. The number of ether oxygens (including phenoxy) is 1. The Kier molecular flexibility index (Phi) is 3.81. The summed E-state index contributed by atoms with van der Waals surface area (Å²) in [6, 6.07) is 6.42. The molecule has 0 unspecified atom stereocenters. The summed E-state index contributed by atoms with van der Waals surface area (Å²) in [5.41, 5.74) is 2.59. The molecule has 0 aliphatic carbocycles. The maximum Gasteiger partial charge on any atom is 0.122 e. The van der Waals surface area contributed by atoms with E-state index in [4.69, 9.17) is 4.74 Å². The SMILES string of the molecule is CCCCc1ccc(C)cc1OC. The third kappa shape index (κ3) is 2.76.